The van der Waals surface area contributed by atoms with E-state index in [0.717, 1.165) is 23.9 Å². The van der Waals surface area contributed by atoms with Gasteiger partial charge in [-0.25, -0.2) is 0 Å². The van der Waals surface area contributed by atoms with Crippen molar-refractivity contribution < 1.29 is 0 Å². The molecule has 7 heteroatoms. The molecule has 0 aliphatic heterocycles. The quantitative estimate of drug-likeness (QED) is 0.348. The molecule has 1 fully saturated rings. The minimum absolute atomic E-state index is 0. The number of hydrogen-bond acceptors (Lipinski definition) is 3. The molecule has 2 aromatic heterocycles. The molecule has 1 aromatic carbocycles. The third-order valence-electron chi connectivity index (χ3n) is 4.61. The summed E-state index contributed by atoms with van der Waals surface area (Å²) < 4.78 is 1.98. The Morgan fingerprint density at radius 3 is 2.77 bits per heavy atom. The molecular formula is C19H23IN6. The molecule has 0 spiro atoms. The predicted molar refractivity (Wildman–Crippen MR) is 114 cm³/mol. The maximum absolute atomic E-state index is 4.33. The van der Waals surface area contributed by atoms with E-state index in [0.29, 0.717) is 18.5 Å². The van der Waals surface area contributed by atoms with E-state index in [4.69, 9.17) is 0 Å². The zero-order valence-electron chi connectivity index (χ0n) is 14.7. The minimum Gasteiger partial charge on any atom is -0.353 e. The summed E-state index contributed by atoms with van der Waals surface area (Å²) in [5, 5.41) is 15.2. The average Bonchev–Trinajstić information content (AvgIpc) is 3.24. The van der Waals surface area contributed by atoms with E-state index in [1.54, 1.807) is 7.05 Å². The lowest BCUT2D eigenvalue weighted by molar-refractivity contribution is 0.711. The van der Waals surface area contributed by atoms with Gasteiger partial charge in [-0.15, -0.1) is 34.2 Å². The standard InChI is InChI=1S/C19H22N6.HI/c1-20-19(21-13-18-24-23-17-9-5-6-10-25(17)18)22-16-12-15(16)11-14-7-3-2-4-8-14;/h2-10,15-16H,11-13H2,1H3,(H2,20,21,22);1H. The van der Waals surface area contributed by atoms with Gasteiger partial charge in [-0.1, -0.05) is 36.4 Å². The monoisotopic (exact) mass is 462 g/mol. The van der Waals surface area contributed by atoms with Crippen molar-refractivity contribution in [3.05, 3.63) is 66.1 Å². The summed E-state index contributed by atoms with van der Waals surface area (Å²) in [5.41, 5.74) is 2.25. The Bertz CT molecular complexity index is 876. The van der Waals surface area contributed by atoms with Crippen LogP contribution in [0.1, 0.15) is 17.8 Å². The predicted octanol–water partition coefficient (Wildman–Crippen LogP) is 2.64. The van der Waals surface area contributed by atoms with Crippen molar-refractivity contribution in [3.63, 3.8) is 0 Å². The summed E-state index contributed by atoms with van der Waals surface area (Å²) in [6.07, 6.45) is 4.27. The molecule has 0 amide bonds. The van der Waals surface area contributed by atoms with Gasteiger partial charge in [0.15, 0.2) is 17.4 Å². The van der Waals surface area contributed by atoms with Crippen molar-refractivity contribution >= 4 is 35.6 Å². The third kappa shape index (κ3) is 4.32. The Hall–Kier alpha value is -2.16. The van der Waals surface area contributed by atoms with E-state index in [1.165, 1.54) is 12.0 Å². The van der Waals surface area contributed by atoms with Crippen LogP contribution < -0.4 is 10.6 Å². The van der Waals surface area contributed by atoms with E-state index in [1.807, 2.05) is 28.8 Å². The zero-order chi connectivity index (χ0) is 17.1. The SMILES string of the molecule is CN=C(NCc1nnc2ccccn12)NC1CC1Cc1ccccc1.I. The van der Waals surface area contributed by atoms with Gasteiger partial charge in [-0.3, -0.25) is 9.39 Å². The first-order chi connectivity index (χ1) is 12.3. The van der Waals surface area contributed by atoms with E-state index in [9.17, 15) is 0 Å². The first-order valence-corrected chi connectivity index (χ1v) is 8.63. The van der Waals surface area contributed by atoms with Gasteiger partial charge in [-0.2, -0.15) is 0 Å². The molecular weight excluding hydrogens is 439 g/mol. The molecule has 2 atom stereocenters. The summed E-state index contributed by atoms with van der Waals surface area (Å²) in [6, 6.07) is 17.0. The Balaban J connectivity index is 0.00000196. The molecule has 3 aromatic rings. The second-order valence-electron chi connectivity index (χ2n) is 6.41. The minimum atomic E-state index is 0. The Kier molecular flexibility index (Phi) is 6.08. The van der Waals surface area contributed by atoms with Crippen LogP contribution in [0.4, 0.5) is 0 Å². The Morgan fingerprint density at radius 1 is 1.15 bits per heavy atom. The molecule has 2 heterocycles. The van der Waals surface area contributed by atoms with Crippen LogP contribution in [-0.2, 0) is 13.0 Å². The number of rotatable bonds is 5. The van der Waals surface area contributed by atoms with Crippen molar-refractivity contribution in [3.8, 4) is 0 Å². The number of guanidine groups is 1. The third-order valence-corrected chi connectivity index (χ3v) is 4.61. The van der Waals surface area contributed by atoms with Crippen molar-refractivity contribution in [1.82, 2.24) is 25.2 Å². The summed E-state index contributed by atoms with van der Waals surface area (Å²) in [4.78, 5) is 4.33. The highest BCUT2D eigenvalue weighted by atomic mass is 127. The summed E-state index contributed by atoms with van der Waals surface area (Å²) in [5.74, 6) is 2.36. The van der Waals surface area contributed by atoms with Crippen LogP contribution in [0.15, 0.2) is 59.7 Å². The number of aromatic nitrogens is 3. The van der Waals surface area contributed by atoms with Crippen molar-refractivity contribution in [2.75, 3.05) is 7.05 Å². The number of halogens is 1. The van der Waals surface area contributed by atoms with Gasteiger partial charge in [-0.05, 0) is 36.5 Å². The summed E-state index contributed by atoms with van der Waals surface area (Å²) in [6.45, 7) is 0.584. The van der Waals surface area contributed by atoms with Gasteiger partial charge in [0, 0.05) is 19.3 Å². The Labute approximate surface area is 170 Å². The molecule has 26 heavy (non-hydrogen) atoms. The van der Waals surface area contributed by atoms with Gasteiger partial charge >= 0.3 is 0 Å². The molecule has 6 nitrogen and oxygen atoms in total. The number of pyridine rings is 1. The molecule has 1 aliphatic rings. The number of benzene rings is 1. The van der Waals surface area contributed by atoms with Crippen LogP contribution in [0.5, 0.6) is 0 Å². The maximum Gasteiger partial charge on any atom is 0.191 e. The van der Waals surface area contributed by atoms with Gasteiger partial charge in [0.1, 0.15) is 0 Å². The Morgan fingerprint density at radius 2 is 1.96 bits per heavy atom. The van der Waals surface area contributed by atoms with Gasteiger partial charge in [0.25, 0.3) is 0 Å². The molecule has 1 saturated carbocycles. The zero-order valence-corrected chi connectivity index (χ0v) is 17.0. The topological polar surface area (TPSA) is 66.6 Å². The smallest absolute Gasteiger partial charge is 0.191 e. The molecule has 2 N–H and O–H groups in total. The normalized spacial score (nSPS) is 19.0. The second-order valence-corrected chi connectivity index (χ2v) is 6.41. The number of fused-ring (bicyclic) bond motifs is 1. The maximum atomic E-state index is 4.33. The average molecular weight is 462 g/mol. The molecule has 0 saturated heterocycles. The van der Waals surface area contributed by atoms with Crippen molar-refractivity contribution in [2.45, 2.75) is 25.4 Å². The number of nitrogens with one attached hydrogen (secondary N) is 2. The van der Waals surface area contributed by atoms with E-state index >= 15 is 0 Å². The summed E-state index contributed by atoms with van der Waals surface area (Å²) in [7, 11) is 1.80. The highest BCUT2D eigenvalue weighted by Crippen LogP contribution is 2.33. The molecule has 4 rings (SSSR count). The van der Waals surface area contributed by atoms with E-state index in [-0.39, 0.29) is 24.0 Å². The number of hydrogen-bond donors (Lipinski definition) is 2. The van der Waals surface area contributed by atoms with E-state index < -0.39 is 0 Å². The molecule has 0 radical (unpaired) electrons. The lowest BCUT2D eigenvalue weighted by Crippen LogP contribution is -2.39. The van der Waals surface area contributed by atoms with Crippen LogP contribution in [0.25, 0.3) is 5.65 Å². The van der Waals surface area contributed by atoms with Crippen LogP contribution in [0, 0.1) is 5.92 Å². The van der Waals surface area contributed by atoms with Crippen molar-refractivity contribution in [1.29, 1.82) is 0 Å². The highest BCUT2D eigenvalue weighted by Gasteiger charge is 2.37. The van der Waals surface area contributed by atoms with Crippen LogP contribution in [-0.4, -0.2) is 33.6 Å². The molecule has 2 unspecified atom stereocenters. The number of aliphatic imine (C=N–C) groups is 1. The van der Waals surface area contributed by atoms with Gasteiger partial charge in [0.05, 0.1) is 6.54 Å². The van der Waals surface area contributed by atoms with Crippen LogP contribution in [0.3, 0.4) is 0 Å². The van der Waals surface area contributed by atoms with Crippen LogP contribution >= 0.6 is 24.0 Å². The molecule has 136 valence electrons. The largest absolute Gasteiger partial charge is 0.353 e. The van der Waals surface area contributed by atoms with Gasteiger partial charge < -0.3 is 10.6 Å². The van der Waals surface area contributed by atoms with Crippen molar-refractivity contribution in [2.24, 2.45) is 10.9 Å². The lowest BCUT2D eigenvalue weighted by Gasteiger charge is -2.11. The molecule has 0 bridgehead atoms. The fraction of sp³-hybridized carbons (Fsp3) is 0.316. The molecule has 1 aliphatic carbocycles. The lowest BCUT2D eigenvalue weighted by atomic mass is 10.1. The summed E-state index contributed by atoms with van der Waals surface area (Å²) >= 11 is 0. The first kappa shape index (κ1) is 18.6. The number of nitrogens with zero attached hydrogens (tertiary/aromatic N) is 4. The fourth-order valence-corrected chi connectivity index (χ4v) is 3.11. The first-order valence-electron chi connectivity index (χ1n) is 8.63. The van der Waals surface area contributed by atoms with Gasteiger partial charge in [0.2, 0.25) is 0 Å². The highest BCUT2D eigenvalue weighted by molar-refractivity contribution is 14.0. The second kappa shape index (κ2) is 8.48. The van der Waals surface area contributed by atoms with Crippen LogP contribution in [0.2, 0.25) is 0 Å². The fourth-order valence-electron chi connectivity index (χ4n) is 3.11. The van der Waals surface area contributed by atoms with E-state index in [2.05, 4.69) is 56.2 Å².